The van der Waals surface area contributed by atoms with Crippen molar-refractivity contribution in [2.24, 2.45) is 0 Å². The van der Waals surface area contributed by atoms with Crippen LogP contribution in [0.5, 0.6) is 0 Å². The number of hydrogen-bond acceptors (Lipinski definition) is 3. The van der Waals surface area contributed by atoms with Crippen LogP contribution in [0, 0.1) is 0 Å². The van der Waals surface area contributed by atoms with Gasteiger partial charge >= 0.3 is 5.97 Å². The van der Waals surface area contributed by atoms with Crippen LogP contribution in [-0.2, 0) is 4.74 Å². The molecule has 0 atom stereocenters. The third-order valence-electron chi connectivity index (χ3n) is 2.93. The summed E-state index contributed by atoms with van der Waals surface area (Å²) in [5.41, 5.74) is 1.82. The summed E-state index contributed by atoms with van der Waals surface area (Å²) in [5.74, 6) is 0.0346. The summed E-state index contributed by atoms with van der Waals surface area (Å²) < 4.78 is 7.73. The van der Waals surface area contributed by atoms with Crippen molar-refractivity contribution in [2.45, 2.75) is 18.9 Å². The number of halogens is 1. The van der Waals surface area contributed by atoms with Crippen LogP contribution in [-0.4, -0.2) is 22.6 Å². The summed E-state index contributed by atoms with van der Waals surface area (Å²) in [7, 11) is 1.38. The minimum atomic E-state index is -0.371. The molecule has 1 saturated carbocycles. The van der Waals surface area contributed by atoms with E-state index < -0.39 is 0 Å². The number of rotatable bonds is 2. The van der Waals surface area contributed by atoms with Gasteiger partial charge in [-0.3, -0.25) is 0 Å². The van der Waals surface area contributed by atoms with E-state index in [4.69, 9.17) is 4.74 Å². The number of carbonyl (C=O) groups excluding carboxylic acids is 1. The first-order valence-electron chi connectivity index (χ1n) is 5.46. The summed E-state index contributed by atoms with van der Waals surface area (Å²) in [5, 5.41) is 0. The maximum atomic E-state index is 11.7. The third-order valence-corrected chi connectivity index (χ3v) is 3.42. The molecule has 0 spiro atoms. The van der Waals surface area contributed by atoms with Gasteiger partial charge in [-0.15, -0.1) is 0 Å². The van der Waals surface area contributed by atoms with E-state index in [0.29, 0.717) is 11.9 Å². The van der Waals surface area contributed by atoms with Crippen LogP contribution in [0.25, 0.3) is 11.0 Å². The molecule has 1 aliphatic rings. The quantitative estimate of drug-likeness (QED) is 0.800. The standard InChI is InChI=1S/C12H11BrN2O2/c1-17-12(16)11-14-9-6-7(13)2-5-10(9)15(11)8-3-4-8/h2,5-6,8H,3-4H2,1H3. The Balaban J connectivity index is 2.26. The number of fused-ring (bicyclic) bond motifs is 1. The van der Waals surface area contributed by atoms with E-state index in [-0.39, 0.29) is 5.97 Å². The van der Waals surface area contributed by atoms with Crippen LogP contribution in [0.4, 0.5) is 0 Å². The number of hydrogen-bond donors (Lipinski definition) is 0. The Morgan fingerprint density at radius 2 is 2.29 bits per heavy atom. The van der Waals surface area contributed by atoms with Gasteiger partial charge in [-0.25, -0.2) is 9.78 Å². The van der Waals surface area contributed by atoms with Crippen molar-refractivity contribution in [2.75, 3.05) is 7.11 Å². The number of benzene rings is 1. The van der Waals surface area contributed by atoms with E-state index in [1.54, 1.807) is 0 Å². The van der Waals surface area contributed by atoms with Gasteiger partial charge in [0.15, 0.2) is 0 Å². The highest BCUT2D eigenvalue weighted by atomic mass is 79.9. The molecule has 17 heavy (non-hydrogen) atoms. The Bertz CT molecular complexity index is 602. The van der Waals surface area contributed by atoms with Crippen molar-refractivity contribution in [3.63, 3.8) is 0 Å². The van der Waals surface area contributed by atoms with Crippen LogP contribution in [0.2, 0.25) is 0 Å². The monoisotopic (exact) mass is 294 g/mol. The van der Waals surface area contributed by atoms with Gasteiger partial charge in [-0.1, -0.05) is 15.9 Å². The zero-order valence-electron chi connectivity index (χ0n) is 9.31. The van der Waals surface area contributed by atoms with Crippen molar-refractivity contribution < 1.29 is 9.53 Å². The minimum Gasteiger partial charge on any atom is -0.463 e. The molecule has 3 rings (SSSR count). The first-order valence-corrected chi connectivity index (χ1v) is 6.26. The molecule has 1 aliphatic carbocycles. The van der Waals surface area contributed by atoms with Gasteiger partial charge in [-0.2, -0.15) is 0 Å². The van der Waals surface area contributed by atoms with Crippen molar-refractivity contribution in [1.82, 2.24) is 9.55 Å². The molecule has 2 aromatic rings. The van der Waals surface area contributed by atoms with Crippen molar-refractivity contribution in [3.05, 3.63) is 28.5 Å². The fourth-order valence-corrected chi connectivity index (χ4v) is 2.36. The molecule has 0 bridgehead atoms. The molecule has 1 aromatic heterocycles. The van der Waals surface area contributed by atoms with E-state index in [0.717, 1.165) is 28.3 Å². The van der Waals surface area contributed by atoms with Gasteiger partial charge < -0.3 is 9.30 Å². The van der Waals surface area contributed by atoms with Gasteiger partial charge in [0.2, 0.25) is 5.82 Å². The minimum absolute atomic E-state index is 0.371. The summed E-state index contributed by atoms with van der Waals surface area (Å²) in [6.07, 6.45) is 2.21. The number of carbonyl (C=O) groups is 1. The second kappa shape index (κ2) is 3.84. The zero-order valence-corrected chi connectivity index (χ0v) is 10.9. The highest BCUT2D eigenvalue weighted by Gasteiger charge is 2.30. The van der Waals surface area contributed by atoms with Gasteiger partial charge in [0, 0.05) is 10.5 Å². The summed E-state index contributed by atoms with van der Waals surface area (Å²) in [6.45, 7) is 0. The molecule has 5 heteroatoms. The molecule has 0 amide bonds. The van der Waals surface area contributed by atoms with Crippen LogP contribution in [0.15, 0.2) is 22.7 Å². The lowest BCUT2D eigenvalue weighted by atomic mass is 10.3. The van der Waals surface area contributed by atoms with Crippen LogP contribution >= 0.6 is 15.9 Å². The Morgan fingerprint density at radius 3 is 2.94 bits per heavy atom. The van der Waals surface area contributed by atoms with E-state index in [1.165, 1.54) is 7.11 Å². The number of nitrogens with zero attached hydrogens (tertiary/aromatic N) is 2. The average molecular weight is 295 g/mol. The van der Waals surface area contributed by atoms with E-state index in [1.807, 2.05) is 22.8 Å². The smallest absolute Gasteiger partial charge is 0.374 e. The van der Waals surface area contributed by atoms with Crippen molar-refractivity contribution in [3.8, 4) is 0 Å². The number of ether oxygens (including phenoxy) is 1. The van der Waals surface area contributed by atoms with Crippen LogP contribution in [0.3, 0.4) is 0 Å². The highest BCUT2D eigenvalue weighted by Crippen LogP contribution is 2.39. The molecular formula is C12H11BrN2O2. The fourth-order valence-electron chi connectivity index (χ4n) is 2.01. The van der Waals surface area contributed by atoms with Crippen LogP contribution in [0.1, 0.15) is 29.5 Å². The van der Waals surface area contributed by atoms with Crippen molar-refractivity contribution >= 4 is 32.9 Å². The fraction of sp³-hybridized carbons (Fsp3) is 0.333. The summed E-state index contributed by atoms with van der Waals surface area (Å²) in [6, 6.07) is 6.26. The molecule has 1 heterocycles. The maximum Gasteiger partial charge on any atom is 0.374 e. The molecule has 88 valence electrons. The SMILES string of the molecule is COC(=O)c1nc2cc(Br)ccc2n1C1CC1. The molecule has 4 nitrogen and oxygen atoms in total. The normalized spacial score (nSPS) is 15.2. The predicted octanol–water partition coefficient (Wildman–Crippen LogP) is 2.92. The molecular weight excluding hydrogens is 284 g/mol. The Labute approximate surface area is 107 Å². The largest absolute Gasteiger partial charge is 0.463 e. The molecule has 0 saturated heterocycles. The van der Waals surface area contributed by atoms with Crippen molar-refractivity contribution in [1.29, 1.82) is 0 Å². The summed E-state index contributed by atoms with van der Waals surface area (Å²) >= 11 is 3.41. The zero-order chi connectivity index (χ0) is 12.0. The second-order valence-electron chi connectivity index (χ2n) is 4.16. The first kappa shape index (κ1) is 10.8. The topological polar surface area (TPSA) is 44.1 Å². The average Bonchev–Trinajstić information content (AvgIpc) is 3.09. The van der Waals surface area contributed by atoms with Gasteiger partial charge in [0.25, 0.3) is 0 Å². The predicted molar refractivity (Wildman–Crippen MR) is 67.0 cm³/mol. The lowest BCUT2D eigenvalue weighted by molar-refractivity contribution is 0.0581. The first-order chi connectivity index (χ1) is 8.20. The third kappa shape index (κ3) is 1.74. The lowest BCUT2D eigenvalue weighted by Crippen LogP contribution is -2.10. The van der Waals surface area contributed by atoms with E-state index in [2.05, 4.69) is 20.9 Å². The maximum absolute atomic E-state index is 11.7. The summed E-state index contributed by atoms with van der Waals surface area (Å²) in [4.78, 5) is 16.1. The Morgan fingerprint density at radius 1 is 1.53 bits per heavy atom. The number of esters is 1. The van der Waals surface area contributed by atoms with E-state index >= 15 is 0 Å². The molecule has 0 unspecified atom stereocenters. The number of methoxy groups -OCH3 is 1. The molecule has 1 aromatic carbocycles. The molecule has 0 aliphatic heterocycles. The van der Waals surface area contributed by atoms with Gasteiger partial charge in [-0.05, 0) is 31.0 Å². The Kier molecular flexibility index (Phi) is 2.43. The second-order valence-corrected chi connectivity index (χ2v) is 5.08. The molecule has 0 radical (unpaired) electrons. The highest BCUT2D eigenvalue weighted by molar-refractivity contribution is 9.10. The van der Waals surface area contributed by atoms with E-state index in [9.17, 15) is 4.79 Å². The molecule has 0 N–H and O–H groups in total. The lowest BCUT2D eigenvalue weighted by Gasteiger charge is -2.05. The van der Waals surface area contributed by atoms with Crippen LogP contribution < -0.4 is 0 Å². The van der Waals surface area contributed by atoms with Gasteiger partial charge in [0.1, 0.15) is 0 Å². The number of imidazole rings is 1. The van der Waals surface area contributed by atoms with Gasteiger partial charge in [0.05, 0.1) is 18.1 Å². The Hall–Kier alpha value is -1.36. The number of aromatic nitrogens is 2. The molecule has 1 fully saturated rings.